The number of nitrogens with one attached hydrogen (secondary N) is 1. The lowest BCUT2D eigenvalue weighted by Crippen LogP contribution is -2.06. The van der Waals surface area contributed by atoms with E-state index in [1.807, 2.05) is 6.07 Å². The smallest absolute Gasteiger partial charge is 0.132 e. The molecule has 0 spiro atoms. The summed E-state index contributed by atoms with van der Waals surface area (Å²) in [6.45, 7) is 2.48. The lowest BCUT2D eigenvalue weighted by atomic mass is 10.2. The predicted molar refractivity (Wildman–Crippen MR) is 77.5 cm³/mol. The molecular formula is C14H15BrFN3. The van der Waals surface area contributed by atoms with Crippen LogP contribution in [0, 0.1) is 5.82 Å². The van der Waals surface area contributed by atoms with E-state index in [1.54, 1.807) is 18.2 Å². The third-order valence-electron chi connectivity index (χ3n) is 2.63. The normalized spacial score (nSPS) is 10.5. The molecule has 2 rings (SSSR count). The fourth-order valence-electron chi connectivity index (χ4n) is 1.72. The van der Waals surface area contributed by atoms with Gasteiger partial charge in [0.15, 0.2) is 0 Å². The maximum absolute atomic E-state index is 13.5. The molecule has 0 saturated carbocycles. The Kier molecular flexibility index (Phi) is 4.85. The first-order chi connectivity index (χ1) is 9.19. The van der Waals surface area contributed by atoms with Gasteiger partial charge in [0.25, 0.3) is 0 Å². The maximum atomic E-state index is 13.5. The van der Waals surface area contributed by atoms with Crippen LogP contribution in [0.2, 0.25) is 0 Å². The maximum Gasteiger partial charge on any atom is 0.132 e. The summed E-state index contributed by atoms with van der Waals surface area (Å²) < 4.78 is 14.2. The van der Waals surface area contributed by atoms with Gasteiger partial charge in [-0.3, -0.25) is 0 Å². The number of benzene rings is 1. The van der Waals surface area contributed by atoms with Gasteiger partial charge in [-0.25, -0.2) is 14.4 Å². The molecule has 5 heteroatoms. The van der Waals surface area contributed by atoms with E-state index >= 15 is 0 Å². The second-order valence-electron chi connectivity index (χ2n) is 4.19. The van der Waals surface area contributed by atoms with Gasteiger partial charge in [0.1, 0.15) is 22.1 Å². The number of rotatable bonds is 5. The molecule has 1 N–H and O–H groups in total. The summed E-state index contributed by atoms with van der Waals surface area (Å²) in [5.41, 5.74) is 0.620. The van der Waals surface area contributed by atoms with E-state index in [4.69, 9.17) is 0 Å². The quantitative estimate of drug-likeness (QED) is 0.847. The van der Waals surface area contributed by atoms with Crippen molar-refractivity contribution in [3.8, 4) is 0 Å². The highest BCUT2D eigenvalue weighted by molar-refractivity contribution is 9.10. The van der Waals surface area contributed by atoms with Crippen molar-refractivity contribution in [2.45, 2.75) is 26.3 Å². The number of aryl methyl sites for hydroxylation is 1. The molecule has 19 heavy (non-hydrogen) atoms. The number of hydrogen-bond donors (Lipinski definition) is 1. The van der Waals surface area contributed by atoms with Gasteiger partial charge >= 0.3 is 0 Å². The molecule has 1 aromatic heterocycles. The number of anilines is 1. The molecule has 3 nitrogen and oxygen atoms in total. The first-order valence-corrected chi connectivity index (χ1v) is 6.99. The van der Waals surface area contributed by atoms with Crippen molar-refractivity contribution in [2.24, 2.45) is 0 Å². The van der Waals surface area contributed by atoms with Crippen LogP contribution in [-0.4, -0.2) is 9.97 Å². The molecule has 0 amide bonds. The summed E-state index contributed by atoms with van der Waals surface area (Å²) in [6, 6.07) is 8.50. The topological polar surface area (TPSA) is 37.8 Å². The van der Waals surface area contributed by atoms with E-state index in [1.165, 1.54) is 6.07 Å². The summed E-state index contributed by atoms with van der Waals surface area (Å²) in [4.78, 5) is 8.68. The van der Waals surface area contributed by atoms with E-state index in [9.17, 15) is 4.39 Å². The molecule has 0 fully saturated rings. The minimum atomic E-state index is -0.211. The monoisotopic (exact) mass is 323 g/mol. The zero-order chi connectivity index (χ0) is 13.7. The van der Waals surface area contributed by atoms with Crippen molar-refractivity contribution in [3.63, 3.8) is 0 Å². The van der Waals surface area contributed by atoms with Gasteiger partial charge in [0.2, 0.25) is 0 Å². The zero-order valence-corrected chi connectivity index (χ0v) is 12.2. The van der Waals surface area contributed by atoms with E-state index in [0.717, 1.165) is 23.3 Å². The van der Waals surface area contributed by atoms with Crippen molar-refractivity contribution in [1.82, 2.24) is 9.97 Å². The van der Waals surface area contributed by atoms with E-state index in [-0.39, 0.29) is 5.82 Å². The summed E-state index contributed by atoms with van der Waals surface area (Å²) in [5, 5.41) is 3.12. The Morgan fingerprint density at radius 2 is 2.05 bits per heavy atom. The van der Waals surface area contributed by atoms with Crippen LogP contribution in [0.5, 0.6) is 0 Å². The van der Waals surface area contributed by atoms with Crippen molar-refractivity contribution >= 4 is 21.7 Å². The Labute approximate surface area is 120 Å². The van der Waals surface area contributed by atoms with Crippen molar-refractivity contribution in [3.05, 3.63) is 52.1 Å². The molecule has 0 atom stereocenters. The van der Waals surface area contributed by atoms with Crippen molar-refractivity contribution in [2.75, 3.05) is 5.32 Å². The molecule has 0 unspecified atom stereocenters. The number of halogens is 2. The van der Waals surface area contributed by atoms with Crippen LogP contribution in [0.1, 0.15) is 24.7 Å². The van der Waals surface area contributed by atoms with Crippen LogP contribution in [-0.2, 0) is 13.0 Å². The first-order valence-electron chi connectivity index (χ1n) is 6.19. The standard InChI is InChI=1S/C14H15BrFN3/c1-2-5-13-18-12(15)8-14(19-13)17-9-10-6-3-4-7-11(10)16/h3-4,6-8H,2,5,9H2,1H3,(H,17,18,19). The molecule has 0 aliphatic rings. The van der Waals surface area contributed by atoms with Crippen LogP contribution >= 0.6 is 15.9 Å². The van der Waals surface area contributed by atoms with Gasteiger partial charge in [0, 0.05) is 24.6 Å². The lowest BCUT2D eigenvalue weighted by molar-refractivity contribution is 0.613. The number of aromatic nitrogens is 2. The molecular weight excluding hydrogens is 309 g/mol. The molecule has 2 aromatic rings. The minimum absolute atomic E-state index is 0.211. The van der Waals surface area contributed by atoms with Gasteiger partial charge in [-0.1, -0.05) is 25.1 Å². The third-order valence-corrected chi connectivity index (χ3v) is 3.04. The van der Waals surface area contributed by atoms with Gasteiger partial charge in [0.05, 0.1) is 0 Å². The molecule has 0 saturated heterocycles. The Bertz CT molecular complexity index is 560. The fraction of sp³-hybridized carbons (Fsp3) is 0.286. The molecule has 0 aliphatic heterocycles. The predicted octanol–water partition coefficient (Wildman–Crippen LogP) is 3.94. The third kappa shape index (κ3) is 3.99. The minimum Gasteiger partial charge on any atom is -0.366 e. The van der Waals surface area contributed by atoms with E-state index < -0.39 is 0 Å². The molecule has 1 aromatic carbocycles. The average Bonchev–Trinajstić information content (AvgIpc) is 2.37. The van der Waals surface area contributed by atoms with Crippen LogP contribution in [0.15, 0.2) is 34.9 Å². The molecule has 1 heterocycles. The summed E-state index contributed by atoms with van der Waals surface area (Å²) >= 11 is 3.36. The average molecular weight is 324 g/mol. The molecule has 0 radical (unpaired) electrons. The Morgan fingerprint density at radius 3 is 2.79 bits per heavy atom. The molecule has 100 valence electrons. The highest BCUT2D eigenvalue weighted by atomic mass is 79.9. The highest BCUT2D eigenvalue weighted by Crippen LogP contribution is 2.15. The van der Waals surface area contributed by atoms with Gasteiger partial charge < -0.3 is 5.32 Å². The highest BCUT2D eigenvalue weighted by Gasteiger charge is 2.04. The lowest BCUT2D eigenvalue weighted by Gasteiger charge is -2.08. The fourth-order valence-corrected chi connectivity index (χ4v) is 2.14. The second-order valence-corrected chi connectivity index (χ2v) is 5.00. The second kappa shape index (κ2) is 6.61. The molecule has 0 aliphatic carbocycles. The van der Waals surface area contributed by atoms with Gasteiger partial charge in [-0.15, -0.1) is 0 Å². The van der Waals surface area contributed by atoms with Gasteiger partial charge in [-0.05, 0) is 28.4 Å². The Morgan fingerprint density at radius 1 is 1.26 bits per heavy atom. The van der Waals surface area contributed by atoms with Crippen LogP contribution in [0.4, 0.5) is 10.2 Å². The largest absolute Gasteiger partial charge is 0.366 e. The van der Waals surface area contributed by atoms with Crippen LogP contribution < -0.4 is 5.32 Å². The van der Waals surface area contributed by atoms with Crippen molar-refractivity contribution in [1.29, 1.82) is 0 Å². The van der Waals surface area contributed by atoms with Crippen molar-refractivity contribution < 1.29 is 4.39 Å². The van der Waals surface area contributed by atoms with Gasteiger partial charge in [-0.2, -0.15) is 0 Å². The van der Waals surface area contributed by atoms with Crippen LogP contribution in [0.3, 0.4) is 0 Å². The Hall–Kier alpha value is -1.49. The number of hydrogen-bond acceptors (Lipinski definition) is 3. The first kappa shape index (κ1) is 13.9. The summed E-state index contributed by atoms with van der Waals surface area (Å²) in [6.07, 6.45) is 1.82. The SMILES string of the molecule is CCCc1nc(Br)cc(NCc2ccccc2F)n1. The van der Waals surface area contributed by atoms with Crippen LogP contribution in [0.25, 0.3) is 0 Å². The van der Waals surface area contributed by atoms with E-state index in [0.29, 0.717) is 17.9 Å². The summed E-state index contributed by atoms with van der Waals surface area (Å²) in [5.74, 6) is 1.28. The molecule has 0 bridgehead atoms. The number of nitrogens with zero attached hydrogens (tertiary/aromatic N) is 2. The van der Waals surface area contributed by atoms with E-state index in [2.05, 4.69) is 38.1 Å². The summed E-state index contributed by atoms with van der Waals surface area (Å²) in [7, 11) is 0. The zero-order valence-electron chi connectivity index (χ0n) is 10.7. The Balaban J connectivity index is 2.09.